The van der Waals surface area contributed by atoms with Crippen molar-refractivity contribution in [3.05, 3.63) is 63.7 Å². The summed E-state index contributed by atoms with van der Waals surface area (Å²) in [6.07, 6.45) is 3.14. The molecular weight excluding hydrogens is 390 g/mol. The lowest BCUT2D eigenvalue weighted by Crippen LogP contribution is -2.36. The fraction of sp³-hybridized carbons (Fsp3) is 0.333. The van der Waals surface area contributed by atoms with Crippen LogP contribution in [-0.4, -0.2) is 40.5 Å². The van der Waals surface area contributed by atoms with Gasteiger partial charge >= 0.3 is 0 Å². The minimum atomic E-state index is -0.517. The summed E-state index contributed by atoms with van der Waals surface area (Å²) in [4.78, 5) is 38.0. The van der Waals surface area contributed by atoms with Gasteiger partial charge in [-0.05, 0) is 50.5 Å². The summed E-state index contributed by atoms with van der Waals surface area (Å²) >= 11 is 1.14. The summed E-state index contributed by atoms with van der Waals surface area (Å²) in [6.45, 7) is 3.45. The van der Waals surface area contributed by atoms with Crippen molar-refractivity contribution < 1.29 is 14.5 Å². The molecule has 0 aliphatic carbocycles. The van der Waals surface area contributed by atoms with E-state index in [-0.39, 0.29) is 22.9 Å². The molecule has 29 heavy (non-hydrogen) atoms. The number of likely N-dealkylation sites (tertiary alicyclic amines) is 1. The number of rotatable bonds is 6. The van der Waals surface area contributed by atoms with Crippen molar-refractivity contribution in [3.8, 4) is 0 Å². The van der Waals surface area contributed by atoms with Gasteiger partial charge < -0.3 is 10.2 Å². The molecule has 0 aromatic heterocycles. The Morgan fingerprint density at radius 3 is 2.45 bits per heavy atom. The van der Waals surface area contributed by atoms with E-state index >= 15 is 0 Å². The Morgan fingerprint density at radius 1 is 1.10 bits per heavy atom. The Morgan fingerprint density at radius 2 is 1.79 bits per heavy atom. The Kier molecular flexibility index (Phi) is 6.87. The average Bonchev–Trinajstić information content (AvgIpc) is 2.74. The van der Waals surface area contributed by atoms with Crippen molar-refractivity contribution in [2.75, 3.05) is 24.2 Å². The molecule has 1 aliphatic heterocycles. The van der Waals surface area contributed by atoms with Gasteiger partial charge in [-0.1, -0.05) is 17.7 Å². The van der Waals surface area contributed by atoms with Gasteiger partial charge in [0, 0.05) is 30.4 Å². The number of aryl methyl sites for hydroxylation is 1. The third kappa shape index (κ3) is 5.57. The van der Waals surface area contributed by atoms with E-state index in [1.54, 1.807) is 18.2 Å². The topological polar surface area (TPSA) is 92.6 Å². The standard InChI is InChI=1S/C21H23N3O4S/c1-15-5-8-17(9-6-15)22-21(26)16-7-10-19(18(13-16)24(27)28)29-14-20(25)23-11-3-2-4-12-23/h5-10,13H,2-4,11-12,14H2,1H3,(H,22,26). The Balaban J connectivity index is 1.69. The number of benzene rings is 2. The van der Waals surface area contributed by atoms with E-state index in [1.807, 2.05) is 24.0 Å². The monoisotopic (exact) mass is 413 g/mol. The van der Waals surface area contributed by atoms with E-state index in [0.717, 1.165) is 49.7 Å². The quantitative estimate of drug-likeness (QED) is 0.434. The molecule has 0 unspecified atom stereocenters. The fourth-order valence-electron chi connectivity index (χ4n) is 3.14. The first-order valence-electron chi connectivity index (χ1n) is 9.51. The highest BCUT2D eigenvalue weighted by Gasteiger charge is 2.21. The molecular formula is C21H23N3O4S. The Labute approximate surface area is 173 Å². The number of hydrogen-bond acceptors (Lipinski definition) is 5. The van der Waals surface area contributed by atoms with Crippen LogP contribution in [0.1, 0.15) is 35.2 Å². The molecule has 1 aliphatic rings. The van der Waals surface area contributed by atoms with Crippen LogP contribution in [0.2, 0.25) is 0 Å². The largest absolute Gasteiger partial charge is 0.342 e. The molecule has 8 heteroatoms. The lowest BCUT2D eigenvalue weighted by molar-refractivity contribution is -0.387. The van der Waals surface area contributed by atoms with Crippen molar-refractivity contribution in [2.45, 2.75) is 31.1 Å². The van der Waals surface area contributed by atoms with Crippen LogP contribution >= 0.6 is 11.8 Å². The molecule has 0 atom stereocenters. The molecule has 7 nitrogen and oxygen atoms in total. The summed E-state index contributed by atoms with van der Waals surface area (Å²) < 4.78 is 0. The maximum absolute atomic E-state index is 12.5. The molecule has 0 spiro atoms. The van der Waals surface area contributed by atoms with E-state index in [1.165, 1.54) is 12.1 Å². The number of anilines is 1. The van der Waals surface area contributed by atoms with Crippen LogP contribution in [0, 0.1) is 17.0 Å². The highest BCUT2D eigenvalue weighted by atomic mass is 32.2. The van der Waals surface area contributed by atoms with E-state index in [9.17, 15) is 19.7 Å². The number of thioether (sulfide) groups is 1. The zero-order valence-corrected chi connectivity index (χ0v) is 17.0. The van der Waals surface area contributed by atoms with Gasteiger partial charge in [0.2, 0.25) is 5.91 Å². The van der Waals surface area contributed by atoms with E-state index in [0.29, 0.717) is 10.6 Å². The van der Waals surface area contributed by atoms with Gasteiger partial charge in [0.05, 0.1) is 15.6 Å². The lowest BCUT2D eigenvalue weighted by Gasteiger charge is -2.26. The predicted molar refractivity (Wildman–Crippen MR) is 113 cm³/mol. The van der Waals surface area contributed by atoms with Crippen molar-refractivity contribution in [2.24, 2.45) is 0 Å². The van der Waals surface area contributed by atoms with Crippen molar-refractivity contribution in [1.82, 2.24) is 4.90 Å². The number of nitrogens with zero attached hydrogens (tertiary/aromatic N) is 2. The van der Waals surface area contributed by atoms with Gasteiger partial charge in [-0.2, -0.15) is 0 Å². The zero-order chi connectivity index (χ0) is 20.8. The molecule has 1 heterocycles. The zero-order valence-electron chi connectivity index (χ0n) is 16.2. The second-order valence-corrected chi connectivity index (χ2v) is 8.01. The first-order valence-corrected chi connectivity index (χ1v) is 10.5. The predicted octanol–water partition coefficient (Wildman–Crippen LogP) is 4.26. The smallest absolute Gasteiger partial charge is 0.283 e. The van der Waals surface area contributed by atoms with Gasteiger partial charge in [-0.3, -0.25) is 19.7 Å². The number of hydrogen-bond donors (Lipinski definition) is 1. The highest BCUT2D eigenvalue weighted by Crippen LogP contribution is 2.31. The molecule has 1 N–H and O–H groups in total. The molecule has 1 saturated heterocycles. The number of carbonyl (C=O) groups excluding carboxylic acids is 2. The summed E-state index contributed by atoms with van der Waals surface area (Å²) in [5.41, 5.74) is 1.72. The molecule has 2 aromatic rings. The van der Waals surface area contributed by atoms with Crippen LogP contribution in [0.15, 0.2) is 47.4 Å². The summed E-state index contributed by atoms with van der Waals surface area (Å²) in [5.74, 6) is -0.279. The lowest BCUT2D eigenvalue weighted by atomic mass is 10.1. The minimum Gasteiger partial charge on any atom is -0.342 e. The SMILES string of the molecule is Cc1ccc(NC(=O)c2ccc(SCC(=O)N3CCCCC3)c([N+](=O)[O-])c2)cc1. The van der Waals surface area contributed by atoms with Crippen LogP contribution in [0.3, 0.4) is 0 Å². The van der Waals surface area contributed by atoms with Crippen LogP contribution in [0.4, 0.5) is 11.4 Å². The minimum absolute atomic E-state index is 0.00908. The van der Waals surface area contributed by atoms with Crippen LogP contribution in [-0.2, 0) is 4.79 Å². The average molecular weight is 413 g/mol. The first-order chi connectivity index (χ1) is 13.9. The fourth-order valence-corrected chi connectivity index (χ4v) is 4.04. The van der Waals surface area contributed by atoms with Crippen LogP contribution in [0.5, 0.6) is 0 Å². The molecule has 1 fully saturated rings. The van der Waals surface area contributed by atoms with Crippen molar-refractivity contribution in [1.29, 1.82) is 0 Å². The number of amides is 2. The van der Waals surface area contributed by atoms with E-state index < -0.39 is 10.8 Å². The number of nitro benzene ring substituents is 1. The third-order valence-electron chi connectivity index (χ3n) is 4.79. The molecule has 0 radical (unpaired) electrons. The molecule has 152 valence electrons. The first kappa shape index (κ1) is 20.9. The molecule has 0 saturated carbocycles. The van der Waals surface area contributed by atoms with Gasteiger partial charge in [-0.25, -0.2) is 0 Å². The molecule has 0 bridgehead atoms. The van der Waals surface area contributed by atoms with Crippen LogP contribution < -0.4 is 5.32 Å². The Bertz CT molecular complexity index is 909. The normalized spacial score (nSPS) is 13.8. The second-order valence-electron chi connectivity index (χ2n) is 6.99. The maximum atomic E-state index is 12.5. The number of nitrogens with one attached hydrogen (secondary N) is 1. The second kappa shape index (κ2) is 9.56. The van der Waals surface area contributed by atoms with Gasteiger partial charge in [0.1, 0.15) is 0 Å². The summed E-state index contributed by atoms with van der Waals surface area (Å²) in [6, 6.07) is 11.6. The van der Waals surface area contributed by atoms with Crippen LogP contribution in [0.25, 0.3) is 0 Å². The van der Waals surface area contributed by atoms with Crippen molar-refractivity contribution >= 4 is 35.0 Å². The number of piperidine rings is 1. The maximum Gasteiger partial charge on any atom is 0.283 e. The van der Waals surface area contributed by atoms with Crippen molar-refractivity contribution in [3.63, 3.8) is 0 Å². The molecule has 2 amide bonds. The van der Waals surface area contributed by atoms with E-state index in [2.05, 4.69) is 5.32 Å². The molecule has 3 rings (SSSR count). The van der Waals surface area contributed by atoms with Gasteiger partial charge in [-0.15, -0.1) is 11.8 Å². The van der Waals surface area contributed by atoms with Gasteiger partial charge in [0.25, 0.3) is 11.6 Å². The third-order valence-corrected chi connectivity index (χ3v) is 5.83. The summed E-state index contributed by atoms with van der Waals surface area (Å²) in [5, 5.41) is 14.2. The summed E-state index contributed by atoms with van der Waals surface area (Å²) in [7, 11) is 0. The van der Waals surface area contributed by atoms with Gasteiger partial charge in [0.15, 0.2) is 0 Å². The molecule has 2 aromatic carbocycles. The van der Waals surface area contributed by atoms with E-state index in [4.69, 9.17) is 0 Å². The highest BCUT2D eigenvalue weighted by molar-refractivity contribution is 8.00. The Hall–Kier alpha value is -2.87. The number of carbonyl (C=O) groups is 2. The number of nitro groups is 1.